The number of nitrogens with two attached hydrogens (primary N) is 1. The first-order valence-electron chi connectivity index (χ1n) is 6.62. The number of nitrogens with zero attached hydrogens (tertiary/aromatic N) is 1. The third kappa shape index (κ3) is 4.46. The molecule has 110 valence electrons. The maximum absolute atomic E-state index is 12.1. The smallest absolute Gasteiger partial charge is 0.313 e. The Balaban J connectivity index is 2.71. The van der Waals surface area contributed by atoms with Gasteiger partial charge in [0.05, 0.1) is 5.92 Å². The van der Waals surface area contributed by atoms with E-state index in [4.69, 9.17) is 15.7 Å². The molecule has 0 aliphatic carbocycles. The molecular weight excluding hydrogens is 268 g/mol. The highest BCUT2D eigenvalue weighted by molar-refractivity contribution is 6.01. The lowest BCUT2D eigenvalue weighted by molar-refractivity contribution is -0.148. The number of Topliss-reactive ketones (excluding diaryl/α,β-unsaturated/α-hetero) is 1. The van der Waals surface area contributed by atoms with E-state index in [0.717, 1.165) is 5.56 Å². The molecule has 0 bridgehead atoms. The molecule has 1 atom stereocenters. The Kier molecular flexibility index (Phi) is 6.15. The van der Waals surface area contributed by atoms with Crippen LogP contribution in [0.2, 0.25) is 0 Å². The molecule has 0 amide bonds. The third-order valence-electron chi connectivity index (χ3n) is 3.03. The maximum atomic E-state index is 12.1. The van der Waals surface area contributed by atoms with E-state index >= 15 is 0 Å². The molecule has 1 aromatic carbocycles. The van der Waals surface area contributed by atoms with Crippen molar-refractivity contribution >= 4 is 11.8 Å². The maximum Gasteiger partial charge on any atom is 0.313 e. The predicted octanol–water partition coefficient (Wildman–Crippen LogP) is 2.05. The minimum Gasteiger partial charge on any atom is -0.457 e. The van der Waals surface area contributed by atoms with Gasteiger partial charge in [0.1, 0.15) is 11.6 Å². The van der Waals surface area contributed by atoms with E-state index in [1.807, 2.05) is 37.3 Å². The highest BCUT2D eigenvalue weighted by Crippen LogP contribution is 2.20. The van der Waals surface area contributed by atoms with E-state index in [-0.39, 0.29) is 11.3 Å². The van der Waals surface area contributed by atoms with Crippen molar-refractivity contribution in [2.45, 2.75) is 26.2 Å². The highest BCUT2D eigenvalue weighted by Gasteiger charge is 2.22. The molecular formula is C16H18N2O3. The molecule has 0 spiro atoms. The summed E-state index contributed by atoms with van der Waals surface area (Å²) >= 11 is 0. The Labute approximate surface area is 124 Å². The topological polar surface area (TPSA) is 93.2 Å². The molecule has 0 saturated carbocycles. The summed E-state index contributed by atoms with van der Waals surface area (Å²) in [6.45, 7) is 2.85. The van der Waals surface area contributed by atoms with Gasteiger partial charge in [-0.05, 0) is 18.9 Å². The molecule has 21 heavy (non-hydrogen) atoms. The van der Waals surface area contributed by atoms with Gasteiger partial charge in [0.2, 0.25) is 5.78 Å². The van der Waals surface area contributed by atoms with Gasteiger partial charge in [0.15, 0.2) is 6.61 Å². The van der Waals surface area contributed by atoms with Gasteiger partial charge in [-0.1, -0.05) is 37.3 Å². The first-order chi connectivity index (χ1) is 10.0. The average molecular weight is 286 g/mol. The van der Waals surface area contributed by atoms with Crippen LogP contribution in [0.1, 0.15) is 31.7 Å². The molecule has 0 aliphatic rings. The van der Waals surface area contributed by atoms with Gasteiger partial charge >= 0.3 is 5.97 Å². The summed E-state index contributed by atoms with van der Waals surface area (Å²) in [5.74, 6) is -1.50. The van der Waals surface area contributed by atoms with Crippen LogP contribution in [0.5, 0.6) is 0 Å². The quantitative estimate of drug-likeness (QED) is 0.490. The summed E-state index contributed by atoms with van der Waals surface area (Å²) in [7, 11) is 0. The Morgan fingerprint density at radius 2 is 1.95 bits per heavy atom. The van der Waals surface area contributed by atoms with Crippen LogP contribution in [-0.4, -0.2) is 18.4 Å². The molecule has 1 unspecified atom stereocenters. The van der Waals surface area contributed by atoms with E-state index in [0.29, 0.717) is 6.42 Å². The minimum atomic E-state index is -0.589. The first-order valence-corrected chi connectivity index (χ1v) is 6.62. The molecule has 0 aromatic heterocycles. The number of carbonyl (C=O) groups excluding carboxylic acids is 2. The number of nitriles is 1. The monoisotopic (exact) mass is 286 g/mol. The van der Waals surface area contributed by atoms with Crippen LogP contribution in [-0.2, 0) is 14.3 Å². The van der Waals surface area contributed by atoms with Crippen LogP contribution < -0.4 is 5.73 Å². The zero-order valence-electron chi connectivity index (χ0n) is 12.1. The molecule has 2 N–H and O–H groups in total. The second-order valence-electron chi connectivity index (χ2n) is 4.57. The lowest BCUT2D eigenvalue weighted by atomic mass is 9.97. The van der Waals surface area contributed by atoms with Gasteiger partial charge < -0.3 is 10.5 Å². The molecule has 0 saturated heterocycles. The molecule has 5 nitrogen and oxygen atoms in total. The standard InChI is InChI=1S/C16H18N2O3/c1-3-13(12-7-5-4-6-8-12)16(20)21-10-15(19)14(9-17)11(2)18/h4-8,13H,3,10,18H2,1-2H3/b14-11-. The average Bonchev–Trinajstić information content (AvgIpc) is 2.47. The van der Waals surface area contributed by atoms with Crippen molar-refractivity contribution in [3.05, 3.63) is 47.2 Å². The van der Waals surface area contributed by atoms with Gasteiger partial charge in [-0.15, -0.1) is 0 Å². The Morgan fingerprint density at radius 1 is 1.33 bits per heavy atom. The summed E-state index contributed by atoms with van der Waals surface area (Å²) in [6, 6.07) is 10.9. The fourth-order valence-electron chi connectivity index (χ4n) is 1.90. The van der Waals surface area contributed by atoms with Crippen molar-refractivity contribution in [2.75, 3.05) is 6.61 Å². The number of rotatable bonds is 6. The van der Waals surface area contributed by atoms with Crippen molar-refractivity contribution in [1.82, 2.24) is 0 Å². The number of ketones is 1. The lowest BCUT2D eigenvalue weighted by Gasteiger charge is -2.14. The van der Waals surface area contributed by atoms with E-state index in [1.54, 1.807) is 6.07 Å². The van der Waals surface area contributed by atoms with Crippen molar-refractivity contribution in [3.63, 3.8) is 0 Å². The first kappa shape index (κ1) is 16.4. The molecule has 0 aliphatic heterocycles. The number of hydrogen-bond donors (Lipinski definition) is 1. The molecule has 0 heterocycles. The minimum absolute atomic E-state index is 0.119. The molecule has 0 radical (unpaired) electrons. The number of ether oxygens (including phenoxy) is 1. The van der Waals surface area contributed by atoms with Gasteiger partial charge in [-0.2, -0.15) is 5.26 Å². The molecule has 1 aromatic rings. The molecule has 1 rings (SSSR count). The van der Waals surface area contributed by atoms with Crippen molar-refractivity contribution < 1.29 is 14.3 Å². The number of hydrogen-bond acceptors (Lipinski definition) is 5. The fourth-order valence-corrected chi connectivity index (χ4v) is 1.90. The molecule has 5 heteroatoms. The zero-order chi connectivity index (χ0) is 15.8. The van der Waals surface area contributed by atoms with E-state index < -0.39 is 24.3 Å². The second-order valence-corrected chi connectivity index (χ2v) is 4.57. The van der Waals surface area contributed by atoms with E-state index in [1.165, 1.54) is 6.92 Å². The lowest BCUT2D eigenvalue weighted by Crippen LogP contribution is -2.21. The summed E-state index contributed by atoms with van der Waals surface area (Å²) in [5, 5.41) is 8.82. The summed E-state index contributed by atoms with van der Waals surface area (Å²) in [6.07, 6.45) is 0.563. The van der Waals surface area contributed by atoms with Crippen LogP contribution in [0.3, 0.4) is 0 Å². The zero-order valence-corrected chi connectivity index (χ0v) is 12.1. The Morgan fingerprint density at radius 3 is 2.43 bits per heavy atom. The van der Waals surface area contributed by atoms with Crippen LogP contribution in [0.4, 0.5) is 0 Å². The van der Waals surface area contributed by atoms with Gasteiger partial charge in [0, 0.05) is 5.70 Å². The summed E-state index contributed by atoms with van der Waals surface area (Å²) in [4.78, 5) is 23.8. The predicted molar refractivity (Wildman–Crippen MR) is 77.9 cm³/mol. The number of esters is 1. The van der Waals surface area contributed by atoms with Crippen LogP contribution in [0, 0.1) is 11.3 Å². The van der Waals surface area contributed by atoms with Crippen LogP contribution >= 0.6 is 0 Å². The largest absolute Gasteiger partial charge is 0.457 e. The van der Waals surface area contributed by atoms with Crippen LogP contribution in [0.15, 0.2) is 41.6 Å². The van der Waals surface area contributed by atoms with E-state index in [2.05, 4.69) is 0 Å². The van der Waals surface area contributed by atoms with Gasteiger partial charge in [-0.3, -0.25) is 9.59 Å². The third-order valence-corrected chi connectivity index (χ3v) is 3.03. The van der Waals surface area contributed by atoms with Crippen molar-refractivity contribution in [3.8, 4) is 6.07 Å². The second kappa shape index (κ2) is 7.85. The fraction of sp³-hybridized carbons (Fsp3) is 0.312. The van der Waals surface area contributed by atoms with E-state index in [9.17, 15) is 9.59 Å². The SMILES string of the molecule is CCC(C(=O)OCC(=O)/C(C#N)=C(/C)N)c1ccccc1. The number of allylic oxidation sites excluding steroid dienone is 1. The van der Waals surface area contributed by atoms with Crippen LogP contribution in [0.25, 0.3) is 0 Å². The van der Waals surface area contributed by atoms with Gasteiger partial charge in [0.25, 0.3) is 0 Å². The highest BCUT2D eigenvalue weighted by atomic mass is 16.5. The van der Waals surface area contributed by atoms with Gasteiger partial charge in [-0.25, -0.2) is 0 Å². The van der Waals surface area contributed by atoms with Crippen molar-refractivity contribution in [2.24, 2.45) is 5.73 Å². The normalized spacial score (nSPS) is 12.8. The Hall–Kier alpha value is -2.61. The van der Waals surface area contributed by atoms with Crippen molar-refractivity contribution in [1.29, 1.82) is 5.26 Å². The Bertz CT molecular complexity index is 581. The molecule has 0 fully saturated rings. The number of carbonyl (C=O) groups is 2. The summed E-state index contributed by atoms with van der Waals surface area (Å²) < 4.78 is 5.01. The summed E-state index contributed by atoms with van der Waals surface area (Å²) in [5.41, 5.74) is 6.21. The number of benzene rings is 1.